The van der Waals surface area contributed by atoms with Crippen molar-refractivity contribution in [1.82, 2.24) is 0 Å². The third-order valence-electron chi connectivity index (χ3n) is 3.87. The molecule has 1 aliphatic carbocycles. The van der Waals surface area contributed by atoms with Crippen molar-refractivity contribution in [2.45, 2.75) is 19.3 Å². The Bertz CT molecular complexity index is 582. The summed E-state index contributed by atoms with van der Waals surface area (Å²) in [5, 5.41) is 1.46. The van der Waals surface area contributed by atoms with Crippen molar-refractivity contribution < 1.29 is 0 Å². The van der Waals surface area contributed by atoms with Crippen LogP contribution >= 0.6 is 8.58 Å². The molecule has 0 saturated carbocycles. The number of hydrogen-bond acceptors (Lipinski definition) is 0. The molecule has 2 aromatic carbocycles. The Morgan fingerprint density at radius 3 is 2.35 bits per heavy atom. The van der Waals surface area contributed by atoms with Crippen LogP contribution in [0.1, 0.15) is 25.0 Å². The average molecular weight is 240 g/mol. The van der Waals surface area contributed by atoms with Crippen LogP contribution < -0.4 is 5.30 Å². The highest BCUT2D eigenvalue weighted by molar-refractivity contribution is 7.46. The molecule has 3 rings (SSSR count). The molecule has 86 valence electrons. The largest absolute Gasteiger partial charge is 0.0936 e. The summed E-state index contributed by atoms with van der Waals surface area (Å²) in [6.45, 7) is 6.91. The topological polar surface area (TPSA) is 0 Å². The zero-order valence-electron chi connectivity index (χ0n) is 10.5. The van der Waals surface area contributed by atoms with Crippen LogP contribution in [0.25, 0.3) is 11.1 Å². The molecule has 0 spiro atoms. The molecule has 1 heteroatoms. The Balaban J connectivity index is 2.32. The fourth-order valence-electron chi connectivity index (χ4n) is 2.86. The van der Waals surface area contributed by atoms with Gasteiger partial charge in [0.25, 0.3) is 0 Å². The molecule has 1 unspecified atom stereocenters. The van der Waals surface area contributed by atoms with Gasteiger partial charge in [-0.15, -0.1) is 0 Å². The molecule has 0 saturated heterocycles. The molecular formula is C16H17P. The van der Waals surface area contributed by atoms with E-state index in [0.29, 0.717) is 0 Å². The smallest absolute Gasteiger partial charge is 0.0159 e. The van der Waals surface area contributed by atoms with Gasteiger partial charge in [-0.05, 0) is 34.2 Å². The van der Waals surface area contributed by atoms with Gasteiger partial charge in [-0.3, -0.25) is 0 Å². The van der Waals surface area contributed by atoms with Crippen LogP contribution in [0.2, 0.25) is 0 Å². The zero-order chi connectivity index (χ0) is 12.0. The van der Waals surface area contributed by atoms with Crippen molar-refractivity contribution in [3.63, 3.8) is 0 Å². The minimum absolute atomic E-state index is 0.154. The summed E-state index contributed by atoms with van der Waals surface area (Å²) in [5.41, 5.74) is 5.95. The summed E-state index contributed by atoms with van der Waals surface area (Å²) in [6.07, 6.45) is 0. The second-order valence-electron chi connectivity index (χ2n) is 5.18. The molecular weight excluding hydrogens is 223 g/mol. The number of benzene rings is 2. The molecule has 2 aromatic rings. The molecule has 0 nitrogen and oxygen atoms in total. The molecule has 17 heavy (non-hydrogen) atoms. The number of rotatable bonds is 1. The van der Waals surface area contributed by atoms with Crippen molar-refractivity contribution in [2.24, 2.45) is 0 Å². The molecule has 0 aliphatic heterocycles. The van der Waals surface area contributed by atoms with Crippen molar-refractivity contribution in [3.05, 3.63) is 53.6 Å². The van der Waals surface area contributed by atoms with Crippen LogP contribution in [0, 0.1) is 0 Å². The molecule has 0 bridgehead atoms. The van der Waals surface area contributed by atoms with Crippen LogP contribution in [-0.4, -0.2) is 6.66 Å². The van der Waals surface area contributed by atoms with Gasteiger partial charge in [-0.1, -0.05) is 64.9 Å². The molecule has 1 aliphatic rings. The summed E-state index contributed by atoms with van der Waals surface area (Å²) < 4.78 is 0. The predicted molar refractivity (Wildman–Crippen MR) is 77.9 cm³/mol. The lowest BCUT2D eigenvalue weighted by Crippen LogP contribution is -2.16. The zero-order valence-corrected chi connectivity index (χ0v) is 11.5. The Kier molecular flexibility index (Phi) is 2.38. The van der Waals surface area contributed by atoms with Crippen molar-refractivity contribution in [2.75, 3.05) is 6.66 Å². The van der Waals surface area contributed by atoms with Crippen LogP contribution in [0.5, 0.6) is 0 Å². The lowest BCUT2D eigenvalue weighted by Gasteiger charge is -2.21. The molecule has 0 radical (unpaired) electrons. The summed E-state index contributed by atoms with van der Waals surface area (Å²) in [5.74, 6) is 0. The van der Waals surface area contributed by atoms with E-state index in [9.17, 15) is 0 Å². The van der Waals surface area contributed by atoms with Crippen LogP contribution in [0.4, 0.5) is 0 Å². The maximum Gasteiger partial charge on any atom is 0.0159 e. The maximum absolute atomic E-state index is 2.40. The molecule has 0 heterocycles. The van der Waals surface area contributed by atoms with Gasteiger partial charge in [0, 0.05) is 5.41 Å². The van der Waals surface area contributed by atoms with E-state index in [4.69, 9.17) is 0 Å². The Morgan fingerprint density at radius 1 is 0.882 bits per heavy atom. The summed E-state index contributed by atoms with van der Waals surface area (Å²) in [4.78, 5) is 0. The van der Waals surface area contributed by atoms with E-state index >= 15 is 0 Å². The average Bonchev–Trinajstić information content (AvgIpc) is 2.59. The van der Waals surface area contributed by atoms with E-state index in [1.54, 1.807) is 0 Å². The first-order valence-electron chi connectivity index (χ1n) is 6.07. The van der Waals surface area contributed by atoms with E-state index in [0.717, 1.165) is 8.58 Å². The SMILES string of the molecule is CPc1ccc2c(c1)C(C)(C)c1ccccc1-2. The van der Waals surface area contributed by atoms with Crippen LogP contribution in [-0.2, 0) is 5.41 Å². The summed E-state index contributed by atoms with van der Waals surface area (Å²) in [6, 6.07) is 15.8. The highest BCUT2D eigenvalue weighted by atomic mass is 31.1. The Hall–Kier alpha value is -1.13. The van der Waals surface area contributed by atoms with E-state index in [-0.39, 0.29) is 5.41 Å². The van der Waals surface area contributed by atoms with Crippen molar-refractivity contribution in [1.29, 1.82) is 0 Å². The van der Waals surface area contributed by atoms with Gasteiger partial charge >= 0.3 is 0 Å². The second-order valence-corrected chi connectivity index (χ2v) is 6.26. The lowest BCUT2D eigenvalue weighted by molar-refractivity contribution is 0.661. The molecule has 0 aromatic heterocycles. The first kappa shape index (κ1) is 11.0. The fourth-order valence-corrected chi connectivity index (χ4v) is 3.40. The molecule has 0 N–H and O–H groups in total. The quantitative estimate of drug-likeness (QED) is 0.663. The van der Waals surface area contributed by atoms with Gasteiger partial charge in [0.15, 0.2) is 0 Å². The van der Waals surface area contributed by atoms with Crippen molar-refractivity contribution >= 4 is 13.9 Å². The van der Waals surface area contributed by atoms with Crippen molar-refractivity contribution in [3.8, 4) is 11.1 Å². The minimum Gasteiger partial charge on any atom is -0.0936 e. The Labute approximate surface area is 105 Å². The van der Waals surface area contributed by atoms with Gasteiger partial charge in [-0.2, -0.15) is 0 Å². The summed E-state index contributed by atoms with van der Waals surface area (Å²) >= 11 is 0. The highest BCUT2D eigenvalue weighted by Crippen LogP contribution is 2.48. The monoisotopic (exact) mass is 240 g/mol. The van der Waals surface area contributed by atoms with Gasteiger partial charge in [0.1, 0.15) is 0 Å². The molecule has 0 fully saturated rings. The van der Waals surface area contributed by atoms with E-state index in [1.165, 1.54) is 27.6 Å². The third kappa shape index (κ3) is 1.47. The molecule has 1 atom stereocenters. The second kappa shape index (κ2) is 3.68. The van der Waals surface area contributed by atoms with Crippen LogP contribution in [0.3, 0.4) is 0 Å². The van der Waals surface area contributed by atoms with Gasteiger partial charge in [0.2, 0.25) is 0 Å². The molecule has 0 amide bonds. The third-order valence-corrected chi connectivity index (χ3v) is 4.76. The van der Waals surface area contributed by atoms with Gasteiger partial charge in [-0.25, -0.2) is 0 Å². The minimum atomic E-state index is 0.154. The predicted octanol–water partition coefficient (Wildman–Crippen LogP) is 3.93. The van der Waals surface area contributed by atoms with E-state index in [2.05, 4.69) is 63.0 Å². The lowest BCUT2D eigenvalue weighted by atomic mass is 9.82. The number of fused-ring (bicyclic) bond motifs is 3. The Morgan fingerprint density at radius 2 is 1.59 bits per heavy atom. The van der Waals surface area contributed by atoms with E-state index < -0.39 is 0 Å². The standard InChI is InChI=1S/C16H17P/c1-16(2)14-7-5-4-6-12(14)13-9-8-11(17-3)10-15(13)16/h4-10,17H,1-3H3. The summed E-state index contributed by atoms with van der Waals surface area (Å²) in [7, 11) is 0.876. The van der Waals surface area contributed by atoms with Gasteiger partial charge < -0.3 is 0 Å². The van der Waals surface area contributed by atoms with Gasteiger partial charge in [0.05, 0.1) is 0 Å². The van der Waals surface area contributed by atoms with Crippen LogP contribution in [0.15, 0.2) is 42.5 Å². The van der Waals surface area contributed by atoms with E-state index in [1.807, 2.05) is 0 Å². The first-order chi connectivity index (χ1) is 8.14. The highest BCUT2D eigenvalue weighted by Gasteiger charge is 2.34. The number of hydrogen-bond donors (Lipinski definition) is 0. The fraction of sp³-hybridized carbons (Fsp3) is 0.250. The first-order valence-corrected chi connectivity index (χ1v) is 7.57. The normalized spacial score (nSPS) is 16.2. The maximum atomic E-state index is 2.40.